The summed E-state index contributed by atoms with van der Waals surface area (Å²) in [6.45, 7) is 12.0. The molecule has 8 heteroatoms. The van der Waals surface area contributed by atoms with Crippen LogP contribution >= 0.6 is 0 Å². The number of benzene rings is 1. The molecule has 2 amide bonds. The summed E-state index contributed by atoms with van der Waals surface area (Å²) in [6, 6.07) is 5.55. The number of carbonyl (C=O) groups excluding carboxylic acids is 2. The van der Waals surface area contributed by atoms with Crippen molar-refractivity contribution >= 4 is 17.6 Å². The molecule has 1 unspecified atom stereocenters. The van der Waals surface area contributed by atoms with Gasteiger partial charge >= 0.3 is 6.09 Å². The van der Waals surface area contributed by atoms with Crippen LogP contribution in [0.4, 0.5) is 4.79 Å². The van der Waals surface area contributed by atoms with E-state index in [0.717, 1.165) is 23.3 Å². The molecule has 0 radical (unpaired) electrons. The summed E-state index contributed by atoms with van der Waals surface area (Å²) in [4.78, 5) is 23.6. The van der Waals surface area contributed by atoms with Crippen LogP contribution in [0, 0.1) is 11.8 Å². The summed E-state index contributed by atoms with van der Waals surface area (Å²) in [5.74, 6) is 1.77. The Bertz CT molecular complexity index is 932. The molecular formula is C25H35N3O5. The Kier molecular flexibility index (Phi) is 7.56. The van der Waals surface area contributed by atoms with E-state index in [4.69, 9.17) is 14.2 Å². The summed E-state index contributed by atoms with van der Waals surface area (Å²) in [5.41, 5.74) is 4.23. The fourth-order valence-corrected chi connectivity index (χ4v) is 3.79. The molecule has 2 heterocycles. The molecule has 0 spiro atoms. The smallest absolute Gasteiger partial charge is 0.407 e. The van der Waals surface area contributed by atoms with Crippen molar-refractivity contribution in [3.63, 3.8) is 0 Å². The minimum Gasteiger partial charge on any atom is -0.492 e. The fourth-order valence-electron chi connectivity index (χ4n) is 3.79. The van der Waals surface area contributed by atoms with E-state index >= 15 is 0 Å². The number of amides is 2. The maximum Gasteiger partial charge on any atom is 0.407 e. The third kappa shape index (κ3) is 7.17. The van der Waals surface area contributed by atoms with Gasteiger partial charge in [-0.25, -0.2) is 4.79 Å². The van der Waals surface area contributed by atoms with Crippen LogP contribution in [0.25, 0.3) is 5.57 Å². The molecule has 2 atom stereocenters. The lowest BCUT2D eigenvalue weighted by molar-refractivity contribution is -0.121. The van der Waals surface area contributed by atoms with E-state index in [1.165, 1.54) is 6.92 Å². The molecule has 0 saturated carbocycles. The molecule has 2 aliphatic rings. The Morgan fingerprint density at radius 3 is 2.70 bits per heavy atom. The molecule has 3 rings (SSSR count). The van der Waals surface area contributed by atoms with Crippen LogP contribution in [0.2, 0.25) is 0 Å². The van der Waals surface area contributed by atoms with Crippen molar-refractivity contribution < 1.29 is 23.8 Å². The Labute approximate surface area is 195 Å². The molecule has 2 N–H and O–H groups in total. The van der Waals surface area contributed by atoms with Crippen molar-refractivity contribution in [3.05, 3.63) is 42.2 Å². The molecule has 0 aromatic heterocycles. The number of alkyl carbamates (subject to hydrolysis) is 1. The highest BCUT2D eigenvalue weighted by molar-refractivity contribution is 5.77. The predicted octanol–water partition coefficient (Wildman–Crippen LogP) is 4.23. The van der Waals surface area contributed by atoms with Gasteiger partial charge in [-0.1, -0.05) is 19.9 Å². The number of carbonyl (C=O) groups is 2. The summed E-state index contributed by atoms with van der Waals surface area (Å²) in [6.07, 6.45) is 6.07. The number of rotatable bonds is 7. The number of fused-ring (bicyclic) bond motifs is 3. The third-order valence-corrected chi connectivity index (χ3v) is 5.05. The first kappa shape index (κ1) is 24.5. The standard InChI is InChI=1S/C25H35N3O5/c1-16(2)11-19(26-24(30)33-25(4,5)6)15-31-20-7-8-21-22-13-28(27-17(3)29)10-9-18(22)14-32-23(21)12-20/h7-10,12-13,16,18-19H,11,14-15H2,1-6H3,(H,26,30)(H,27,29)/t18?,19-/m0/s1. The van der Waals surface area contributed by atoms with Gasteiger partial charge in [0.25, 0.3) is 0 Å². The maximum absolute atomic E-state index is 12.2. The molecular weight excluding hydrogens is 422 g/mol. The van der Waals surface area contributed by atoms with Crippen LogP contribution in [-0.2, 0) is 9.53 Å². The minimum absolute atomic E-state index is 0.128. The molecule has 0 aliphatic carbocycles. The van der Waals surface area contributed by atoms with E-state index in [1.54, 1.807) is 5.01 Å². The highest BCUT2D eigenvalue weighted by Gasteiger charge is 2.27. The van der Waals surface area contributed by atoms with Crippen molar-refractivity contribution in [1.82, 2.24) is 15.8 Å². The highest BCUT2D eigenvalue weighted by Crippen LogP contribution is 2.40. The van der Waals surface area contributed by atoms with Gasteiger partial charge in [0.1, 0.15) is 23.7 Å². The number of ether oxygens (including phenoxy) is 3. The second kappa shape index (κ2) is 10.2. The molecule has 0 saturated heterocycles. The lowest BCUT2D eigenvalue weighted by Gasteiger charge is -2.32. The summed E-state index contributed by atoms with van der Waals surface area (Å²) < 4.78 is 17.4. The van der Waals surface area contributed by atoms with E-state index in [9.17, 15) is 9.59 Å². The topological polar surface area (TPSA) is 89.1 Å². The lowest BCUT2D eigenvalue weighted by Crippen LogP contribution is -2.42. The van der Waals surface area contributed by atoms with Crippen LogP contribution in [0.15, 0.2) is 36.7 Å². The van der Waals surface area contributed by atoms with E-state index in [1.807, 2.05) is 57.4 Å². The van der Waals surface area contributed by atoms with Crippen LogP contribution in [-0.4, -0.2) is 41.9 Å². The monoisotopic (exact) mass is 457 g/mol. The van der Waals surface area contributed by atoms with E-state index in [2.05, 4.69) is 24.6 Å². The molecule has 8 nitrogen and oxygen atoms in total. The van der Waals surface area contributed by atoms with Crippen LogP contribution in [0.5, 0.6) is 11.5 Å². The zero-order chi connectivity index (χ0) is 24.2. The first-order valence-electron chi connectivity index (χ1n) is 11.4. The predicted molar refractivity (Wildman–Crippen MR) is 126 cm³/mol. The zero-order valence-corrected chi connectivity index (χ0v) is 20.3. The third-order valence-electron chi connectivity index (χ3n) is 5.05. The molecule has 180 valence electrons. The van der Waals surface area contributed by atoms with E-state index in [0.29, 0.717) is 24.9 Å². The second-order valence-corrected chi connectivity index (χ2v) is 9.86. The Morgan fingerprint density at radius 1 is 1.27 bits per heavy atom. The number of hydrazine groups is 1. The SMILES string of the molecule is CC(=O)NN1C=CC2COc3cc(OC[C@H](CC(C)C)NC(=O)OC(C)(C)C)ccc3C2=C1. The number of hydrogen-bond acceptors (Lipinski definition) is 6. The molecule has 1 aromatic rings. The average molecular weight is 458 g/mol. The normalized spacial score (nSPS) is 17.8. The molecule has 0 fully saturated rings. The maximum atomic E-state index is 12.2. The molecule has 2 aliphatic heterocycles. The van der Waals surface area contributed by atoms with Gasteiger partial charge in [-0.05, 0) is 50.8 Å². The first-order chi connectivity index (χ1) is 15.5. The van der Waals surface area contributed by atoms with Crippen molar-refractivity contribution in [2.75, 3.05) is 13.2 Å². The summed E-state index contributed by atoms with van der Waals surface area (Å²) in [7, 11) is 0. The first-order valence-corrected chi connectivity index (χ1v) is 11.4. The fraction of sp³-hybridized carbons (Fsp3) is 0.520. The minimum atomic E-state index is -0.556. The van der Waals surface area contributed by atoms with Gasteiger partial charge in [0.2, 0.25) is 5.91 Å². The van der Waals surface area contributed by atoms with Gasteiger partial charge in [-0.2, -0.15) is 0 Å². The number of hydrogen-bond donors (Lipinski definition) is 2. The molecule has 0 bridgehead atoms. The van der Waals surface area contributed by atoms with Crippen LogP contribution in [0.1, 0.15) is 53.5 Å². The Balaban J connectivity index is 1.68. The number of nitrogens with one attached hydrogen (secondary N) is 2. The zero-order valence-electron chi connectivity index (χ0n) is 20.3. The second-order valence-electron chi connectivity index (χ2n) is 9.86. The lowest BCUT2D eigenvalue weighted by atomic mass is 9.89. The van der Waals surface area contributed by atoms with Gasteiger partial charge in [-0.3, -0.25) is 15.2 Å². The summed E-state index contributed by atoms with van der Waals surface area (Å²) in [5, 5.41) is 4.58. The van der Waals surface area contributed by atoms with Gasteiger partial charge in [0.15, 0.2) is 0 Å². The van der Waals surface area contributed by atoms with Crippen molar-refractivity contribution in [2.24, 2.45) is 11.8 Å². The van der Waals surface area contributed by atoms with Gasteiger partial charge in [0.05, 0.1) is 12.6 Å². The van der Waals surface area contributed by atoms with Gasteiger partial charge in [0, 0.05) is 36.9 Å². The molecule has 1 aromatic carbocycles. The van der Waals surface area contributed by atoms with Crippen LogP contribution in [0.3, 0.4) is 0 Å². The van der Waals surface area contributed by atoms with Crippen LogP contribution < -0.4 is 20.2 Å². The van der Waals surface area contributed by atoms with Crippen molar-refractivity contribution in [1.29, 1.82) is 0 Å². The Hall–Kier alpha value is -3.16. The largest absolute Gasteiger partial charge is 0.492 e. The average Bonchev–Trinajstić information content (AvgIpc) is 2.69. The van der Waals surface area contributed by atoms with Crippen molar-refractivity contribution in [2.45, 2.75) is 59.6 Å². The van der Waals surface area contributed by atoms with E-state index in [-0.39, 0.29) is 17.9 Å². The van der Waals surface area contributed by atoms with Gasteiger partial charge in [-0.15, -0.1) is 0 Å². The quantitative estimate of drug-likeness (QED) is 0.637. The summed E-state index contributed by atoms with van der Waals surface area (Å²) >= 11 is 0. The van der Waals surface area contributed by atoms with Gasteiger partial charge < -0.3 is 19.5 Å². The van der Waals surface area contributed by atoms with E-state index < -0.39 is 11.7 Å². The highest BCUT2D eigenvalue weighted by atomic mass is 16.6. The Morgan fingerprint density at radius 2 is 2.03 bits per heavy atom. The number of nitrogens with zero attached hydrogens (tertiary/aromatic N) is 1. The molecule has 33 heavy (non-hydrogen) atoms. The van der Waals surface area contributed by atoms with Crippen molar-refractivity contribution in [3.8, 4) is 11.5 Å².